The van der Waals surface area contributed by atoms with Gasteiger partial charge in [0.05, 0.1) is 0 Å². The van der Waals surface area contributed by atoms with Gasteiger partial charge in [0.2, 0.25) is 0 Å². The highest BCUT2D eigenvalue weighted by molar-refractivity contribution is 5.89. The maximum atomic E-state index is 11.2. The highest BCUT2D eigenvalue weighted by Crippen LogP contribution is 2.21. The summed E-state index contributed by atoms with van der Waals surface area (Å²) in [5, 5.41) is 1.21. The summed E-state index contributed by atoms with van der Waals surface area (Å²) in [7, 11) is 0. The van der Waals surface area contributed by atoms with Crippen LogP contribution < -0.4 is 0 Å². The van der Waals surface area contributed by atoms with Crippen LogP contribution in [0.4, 0.5) is 0 Å². The van der Waals surface area contributed by atoms with Crippen molar-refractivity contribution in [3.63, 3.8) is 0 Å². The Balaban J connectivity index is 2.48. The Morgan fingerprint density at radius 2 is 2.12 bits per heavy atom. The van der Waals surface area contributed by atoms with Crippen LogP contribution in [0.25, 0.3) is 10.9 Å². The largest absolute Gasteiger partial charge is 0.347 e. The van der Waals surface area contributed by atoms with Gasteiger partial charge < -0.3 is 4.57 Å². The van der Waals surface area contributed by atoms with E-state index in [0.717, 1.165) is 18.5 Å². The number of nitrogens with zero attached hydrogens (tertiary/aromatic N) is 1. The highest BCUT2D eigenvalue weighted by Gasteiger charge is 2.06. The Morgan fingerprint density at radius 3 is 2.81 bits per heavy atom. The van der Waals surface area contributed by atoms with E-state index in [1.165, 1.54) is 10.9 Å². The Bertz CT molecular complexity index is 510. The second-order valence-electron chi connectivity index (χ2n) is 4.24. The molecule has 0 bridgehead atoms. The first kappa shape index (κ1) is 10.9. The van der Waals surface area contributed by atoms with Crippen molar-refractivity contribution in [1.29, 1.82) is 0 Å². The third-order valence-electron chi connectivity index (χ3n) is 2.81. The summed E-state index contributed by atoms with van der Waals surface area (Å²) < 4.78 is 2.25. The van der Waals surface area contributed by atoms with E-state index in [-0.39, 0.29) is 5.78 Å². The van der Waals surface area contributed by atoms with Crippen molar-refractivity contribution in [2.75, 3.05) is 0 Å². The second-order valence-corrected chi connectivity index (χ2v) is 4.24. The van der Waals surface area contributed by atoms with Crippen LogP contribution in [0.3, 0.4) is 0 Å². The van der Waals surface area contributed by atoms with Crippen molar-refractivity contribution in [2.24, 2.45) is 0 Å². The molecule has 2 heteroatoms. The summed E-state index contributed by atoms with van der Waals surface area (Å²) in [6.07, 6.45) is 3.77. The average Bonchev–Trinajstić information content (AvgIpc) is 2.63. The first-order valence-electron chi connectivity index (χ1n) is 5.78. The molecule has 84 valence electrons. The summed E-state index contributed by atoms with van der Waals surface area (Å²) in [4.78, 5) is 11.2. The minimum absolute atomic E-state index is 0.218. The lowest BCUT2D eigenvalue weighted by molar-refractivity contribution is -0.116. The molecule has 0 aliphatic rings. The Kier molecular flexibility index (Phi) is 3.09. The van der Waals surface area contributed by atoms with Gasteiger partial charge in [0.25, 0.3) is 0 Å². The number of aromatic nitrogens is 1. The van der Waals surface area contributed by atoms with Gasteiger partial charge in [-0.1, -0.05) is 19.1 Å². The standard InChI is InChI=1S/C14H17NO/c1-3-8-15-9-7-13-12(10-11(2)16)5-4-6-14(13)15/h4-7,9H,3,8,10H2,1-2H3. The van der Waals surface area contributed by atoms with Crippen molar-refractivity contribution in [3.8, 4) is 0 Å². The van der Waals surface area contributed by atoms with Crippen LogP contribution in [-0.4, -0.2) is 10.4 Å². The normalized spacial score (nSPS) is 10.9. The number of carbonyl (C=O) groups is 1. The molecule has 16 heavy (non-hydrogen) atoms. The predicted octanol–water partition coefficient (Wildman–Crippen LogP) is 3.18. The van der Waals surface area contributed by atoms with Crippen LogP contribution in [0.15, 0.2) is 30.5 Å². The van der Waals surface area contributed by atoms with Crippen LogP contribution in [0.1, 0.15) is 25.8 Å². The highest BCUT2D eigenvalue weighted by atomic mass is 16.1. The summed E-state index contributed by atoms with van der Waals surface area (Å²) in [6.45, 7) is 4.85. The zero-order valence-corrected chi connectivity index (χ0v) is 9.86. The number of benzene rings is 1. The minimum Gasteiger partial charge on any atom is -0.347 e. The molecule has 2 aromatic rings. The molecule has 0 N–H and O–H groups in total. The fourth-order valence-corrected chi connectivity index (χ4v) is 2.15. The van der Waals surface area contributed by atoms with Gasteiger partial charge >= 0.3 is 0 Å². The zero-order chi connectivity index (χ0) is 11.5. The Labute approximate surface area is 95.9 Å². The van der Waals surface area contributed by atoms with E-state index in [2.05, 4.69) is 29.8 Å². The Hall–Kier alpha value is -1.57. The van der Waals surface area contributed by atoms with Crippen molar-refractivity contribution >= 4 is 16.7 Å². The summed E-state index contributed by atoms with van der Waals surface area (Å²) in [5.74, 6) is 0.218. The van der Waals surface area contributed by atoms with E-state index >= 15 is 0 Å². The van der Waals surface area contributed by atoms with Gasteiger partial charge in [-0.2, -0.15) is 0 Å². The monoisotopic (exact) mass is 215 g/mol. The molecule has 2 nitrogen and oxygen atoms in total. The SMILES string of the molecule is CCCn1ccc2c(CC(C)=O)cccc21. The third kappa shape index (κ3) is 2.01. The molecule has 2 rings (SSSR count). The molecule has 1 heterocycles. The summed E-state index contributed by atoms with van der Waals surface area (Å²) >= 11 is 0. The molecule has 0 fully saturated rings. The Morgan fingerprint density at radius 1 is 1.31 bits per heavy atom. The van der Waals surface area contributed by atoms with E-state index in [9.17, 15) is 4.79 Å². The van der Waals surface area contributed by atoms with Gasteiger partial charge in [0, 0.05) is 30.1 Å². The lowest BCUT2D eigenvalue weighted by Crippen LogP contribution is -1.98. The third-order valence-corrected chi connectivity index (χ3v) is 2.81. The van der Waals surface area contributed by atoms with Gasteiger partial charge in [-0.3, -0.25) is 4.79 Å². The van der Waals surface area contributed by atoms with Gasteiger partial charge in [0.1, 0.15) is 5.78 Å². The fourth-order valence-electron chi connectivity index (χ4n) is 2.15. The van der Waals surface area contributed by atoms with Crippen LogP contribution >= 0.6 is 0 Å². The minimum atomic E-state index is 0.218. The second kappa shape index (κ2) is 4.52. The van der Waals surface area contributed by atoms with Gasteiger partial charge in [-0.15, -0.1) is 0 Å². The van der Waals surface area contributed by atoms with Crippen molar-refractivity contribution < 1.29 is 4.79 Å². The number of ketones is 1. The van der Waals surface area contributed by atoms with E-state index in [0.29, 0.717) is 6.42 Å². The first-order chi connectivity index (χ1) is 7.72. The average molecular weight is 215 g/mol. The number of Topliss-reactive ketones (excluding diaryl/α,β-unsaturated/α-hetero) is 1. The smallest absolute Gasteiger partial charge is 0.134 e. The quantitative estimate of drug-likeness (QED) is 0.767. The molecule has 0 aliphatic heterocycles. The van der Waals surface area contributed by atoms with E-state index in [1.54, 1.807) is 6.92 Å². The topological polar surface area (TPSA) is 22.0 Å². The molecule has 1 aromatic heterocycles. The fraction of sp³-hybridized carbons (Fsp3) is 0.357. The van der Waals surface area contributed by atoms with E-state index < -0.39 is 0 Å². The molecule has 1 aromatic carbocycles. The maximum absolute atomic E-state index is 11.2. The number of aryl methyl sites for hydroxylation is 1. The van der Waals surface area contributed by atoms with E-state index in [4.69, 9.17) is 0 Å². The number of rotatable bonds is 4. The molecule has 0 spiro atoms. The first-order valence-corrected chi connectivity index (χ1v) is 5.78. The molecule has 0 radical (unpaired) electrons. The molecule has 0 amide bonds. The van der Waals surface area contributed by atoms with Gasteiger partial charge in [-0.05, 0) is 31.0 Å². The molecular weight excluding hydrogens is 198 g/mol. The molecular formula is C14H17NO. The van der Waals surface area contributed by atoms with E-state index in [1.807, 2.05) is 12.1 Å². The lowest BCUT2D eigenvalue weighted by atomic mass is 10.1. The van der Waals surface area contributed by atoms with Crippen LogP contribution in [0, 0.1) is 0 Å². The number of fused-ring (bicyclic) bond motifs is 1. The summed E-state index contributed by atoms with van der Waals surface area (Å²) in [5.41, 5.74) is 2.38. The predicted molar refractivity (Wildman–Crippen MR) is 66.6 cm³/mol. The molecule has 0 saturated carbocycles. The van der Waals surface area contributed by atoms with Crippen molar-refractivity contribution in [1.82, 2.24) is 4.57 Å². The molecule has 0 aliphatic carbocycles. The van der Waals surface area contributed by atoms with Gasteiger partial charge in [0.15, 0.2) is 0 Å². The maximum Gasteiger partial charge on any atom is 0.134 e. The zero-order valence-electron chi connectivity index (χ0n) is 9.86. The lowest BCUT2D eigenvalue weighted by Gasteiger charge is -2.04. The summed E-state index contributed by atoms with van der Waals surface area (Å²) in [6, 6.07) is 8.31. The number of hydrogen-bond donors (Lipinski definition) is 0. The van der Waals surface area contributed by atoms with Crippen LogP contribution in [0.2, 0.25) is 0 Å². The van der Waals surface area contributed by atoms with Crippen LogP contribution in [-0.2, 0) is 17.8 Å². The van der Waals surface area contributed by atoms with Gasteiger partial charge in [-0.25, -0.2) is 0 Å². The molecule has 0 saturated heterocycles. The molecule has 0 unspecified atom stereocenters. The van der Waals surface area contributed by atoms with Crippen LogP contribution in [0.5, 0.6) is 0 Å². The van der Waals surface area contributed by atoms with Crippen molar-refractivity contribution in [3.05, 3.63) is 36.0 Å². The molecule has 0 atom stereocenters. The number of hydrogen-bond acceptors (Lipinski definition) is 1. The number of carbonyl (C=O) groups excluding carboxylic acids is 1. The van der Waals surface area contributed by atoms with Crippen molar-refractivity contribution in [2.45, 2.75) is 33.2 Å².